The average Bonchev–Trinajstić information content (AvgIpc) is 2.97. The van der Waals surface area contributed by atoms with Gasteiger partial charge in [0.1, 0.15) is 5.76 Å². The van der Waals surface area contributed by atoms with Gasteiger partial charge in [-0.25, -0.2) is 0 Å². The highest BCUT2D eigenvalue weighted by molar-refractivity contribution is 5.12. The van der Waals surface area contributed by atoms with Crippen molar-refractivity contribution in [3.05, 3.63) is 23.7 Å². The van der Waals surface area contributed by atoms with Crippen molar-refractivity contribution in [3.8, 4) is 0 Å². The second kappa shape index (κ2) is 6.22. The maximum atomic E-state index is 5.61. The zero-order valence-electron chi connectivity index (χ0n) is 11.0. The lowest BCUT2D eigenvalue weighted by Crippen LogP contribution is -2.28. The van der Waals surface area contributed by atoms with Crippen LogP contribution in [0.15, 0.2) is 16.7 Å². The van der Waals surface area contributed by atoms with Gasteiger partial charge in [-0.2, -0.15) is 0 Å². The van der Waals surface area contributed by atoms with Gasteiger partial charge in [0.25, 0.3) is 0 Å². The minimum atomic E-state index is 0.761. The van der Waals surface area contributed by atoms with Crippen molar-refractivity contribution >= 4 is 0 Å². The summed E-state index contributed by atoms with van der Waals surface area (Å²) in [6, 6.07) is 2.94. The Bertz CT molecular complexity index is 329. The van der Waals surface area contributed by atoms with Crippen molar-refractivity contribution in [2.75, 3.05) is 13.6 Å². The van der Waals surface area contributed by atoms with E-state index in [-0.39, 0.29) is 0 Å². The van der Waals surface area contributed by atoms with Gasteiger partial charge in [0.05, 0.1) is 12.8 Å². The van der Waals surface area contributed by atoms with Crippen molar-refractivity contribution < 1.29 is 4.42 Å². The second-order valence-electron chi connectivity index (χ2n) is 5.05. The molecule has 1 N–H and O–H groups in total. The third-order valence-corrected chi connectivity index (χ3v) is 3.64. The highest BCUT2D eigenvalue weighted by Crippen LogP contribution is 2.23. The van der Waals surface area contributed by atoms with Crippen LogP contribution in [-0.2, 0) is 13.1 Å². The summed E-state index contributed by atoms with van der Waals surface area (Å²) < 4.78 is 5.61. The van der Waals surface area contributed by atoms with Crippen LogP contribution in [0.2, 0.25) is 0 Å². The number of hydrogen-bond donors (Lipinski definition) is 1. The molecule has 0 amide bonds. The van der Waals surface area contributed by atoms with Crippen molar-refractivity contribution in [2.24, 2.45) is 0 Å². The van der Waals surface area contributed by atoms with Gasteiger partial charge >= 0.3 is 0 Å². The Hall–Kier alpha value is -0.800. The summed E-state index contributed by atoms with van der Waals surface area (Å²) in [5.74, 6) is 1.09. The summed E-state index contributed by atoms with van der Waals surface area (Å²) >= 11 is 0. The molecule has 1 aliphatic carbocycles. The molecule has 0 saturated heterocycles. The molecule has 2 rings (SSSR count). The topological polar surface area (TPSA) is 28.4 Å². The Labute approximate surface area is 104 Å². The summed E-state index contributed by atoms with van der Waals surface area (Å²) in [5, 5.41) is 3.31. The smallest absolute Gasteiger partial charge is 0.118 e. The first-order valence-corrected chi connectivity index (χ1v) is 6.77. The van der Waals surface area contributed by atoms with E-state index in [1.807, 2.05) is 6.26 Å². The summed E-state index contributed by atoms with van der Waals surface area (Å²) in [7, 11) is 2.21. The quantitative estimate of drug-likeness (QED) is 0.823. The fraction of sp³-hybridized carbons (Fsp3) is 0.714. The number of hydrogen-bond acceptors (Lipinski definition) is 3. The number of nitrogens with zero attached hydrogens (tertiary/aromatic N) is 1. The lowest BCUT2D eigenvalue weighted by Gasteiger charge is -2.22. The van der Waals surface area contributed by atoms with E-state index in [4.69, 9.17) is 4.42 Å². The molecule has 0 spiro atoms. The summed E-state index contributed by atoms with van der Waals surface area (Å²) in [6.07, 6.45) is 7.35. The molecule has 0 radical (unpaired) electrons. The third-order valence-electron chi connectivity index (χ3n) is 3.64. The van der Waals surface area contributed by atoms with Gasteiger partial charge in [-0.3, -0.25) is 4.90 Å². The monoisotopic (exact) mass is 236 g/mol. The molecule has 0 aliphatic heterocycles. The average molecular weight is 236 g/mol. The van der Waals surface area contributed by atoms with Gasteiger partial charge in [0.15, 0.2) is 0 Å². The molecule has 1 aromatic heterocycles. The van der Waals surface area contributed by atoms with Gasteiger partial charge in [0.2, 0.25) is 0 Å². The molecule has 0 unspecified atom stereocenters. The van der Waals surface area contributed by atoms with Crippen molar-refractivity contribution in [1.82, 2.24) is 10.2 Å². The first-order valence-electron chi connectivity index (χ1n) is 6.77. The van der Waals surface area contributed by atoms with Crippen LogP contribution in [0.4, 0.5) is 0 Å². The van der Waals surface area contributed by atoms with Crippen LogP contribution >= 0.6 is 0 Å². The van der Waals surface area contributed by atoms with Crippen LogP contribution < -0.4 is 5.32 Å². The van der Waals surface area contributed by atoms with Crippen LogP contribution in [0, 0.1) is 0 Å². The van der Waals surface area contributed by atoms with Crippen LogP contribution in [-0.4, -0.2) is 24.5 Å². The molecule has 96 valence electrons. The maximum absolute atomic E-state index is 5.61. The highest BCUT2D eigenvalue weighted by Gasteiger charge is 2.20. The van der Waals surface area contributed by atoms with E-state index in [1.54, 1.807) is 0 Å². The molecular formula is C14H24N2O. The molecule has 0 atom stereocenters. The summed E-state index contributed by atoms with van der Waals surface area (Å²) in [5.41, 5.74) is 1.25. The fourth-order valence-corrected chi connectivity index (χ4v) is 2.59. The van der Waals surface area contributed by atoms with E-state index >= 15 is 0 Å². The molecule has 1 aliphatic rings. The first-order chi connectivity index (χ1) is 8.29. The van der Waals surface area contributed by atoms with Crippen LogP contribution in [0.25, 0.3) is 0 Å². The Balaban J connectivity index is 1.83. The Morgan fingerprint density at radius 2 is 2.18 bits per heavy atom. The minimum Gasteiger partial charge on any atom is -0.468 e. The summed E-state index contributed by atoms with van der Waals surface area (Å²) in [4.78, 5) is 2.43. The van der Waals surface area contributed by atoms with E-state index in [2.05, 4.69) is 30.3 Å². The number of furan rings is 1. The fourth-order valence-electron chi connectivity index (χ4n) is 2.59. The van der Waals surface area contributed by atoms with E-state index in [1.165, 1.54) is 31.2 Å². The minimum absolute atomic E-state index is 0.761. The Kier molecular flexibility index (Phi) is 4.63. The van der Waals surface area contributed by atoms with Crippen molar-refractivity contribution in [1.29, 1.82) is 0 Å². The molecule has 1 fully saturated rings. The SMILES string of the molecule is CCNCc1coc(CN(C)C2CCCC2)c1. The molecule has 0 bridgehead atoms. The Morgan fingerprint density at radius 3 is 2.88 bits per heavy atom. The largest absolute Gasteiger partial charge is 0.468 e. The lowest BCUT2D eigenvalue weighted by atomic mass is 10.2. The number of nitrogens with one attached hydrogen (secondary N) is 1. The van der Waals surface area contributed by atoms with Crippen LogP contribution in [0.1, 0.15) is 43.9 Å². The van der Waals surface area contributed by atoms with E-state index in [0.717, 1.165) is 31.4 Å². The van der Waals surface area contributed by atoms with Gasteiger partial charge in [0, 0.05) is 18.2 Å². The third kappa shape index (κ3) is 3.58. The maximum Gasteiger partial charge on any atom is 0.118 e. The molecule has 1 heterocycles. The normalized spacial score (nSPS) is 17.1. The lowest BCUT2D eigenvalue weighted by molar-refractivity contribution is 0.219. The molecule has 17 heavy (non-hydrogen) atoms. The molecular weight excluding hydrogens is 212 g/mol. The predicted molar refractivity (Wildman–Crippen MR) is 69.8 cm³/mol. The van der Waals surface area contributed by atoms with Gasteiger partial charge in [-0.05, 0) is 32.5 Å². The van der Waals surface area contributed by atoms with Crippen molar-refractivity contribution in [3.63, 3.8) is 0 Å². The van der Waals surface area contributed by atoms with Crippen molar-refractivity contribution in [2.45, 2.75) is 51.7 Å². The zero-order valence-corrected chi connectivity index (χ0v) is 11.0. The standard InChI is InChI=1S/C14H24N2O/c1-3-15-9-12-8-14(17-11-12)10-16(2)13-6-4-5-7-13/h8,11,13,15H,3-7,9-10H2,1-2H3. The predicted octanol–water partition coefficient (Wildman–Crippen LogP) is 2.76. The molecule has 1 aromatic rings. The highest BCUT2D eigenvalue weighted by atomic mass is 16.3. The van der Waals surface area contributed by atoms with Crippen LogP contribution in [0.3, 0.4) is 0 Å². The molecule has 0 aromatic carbocycles. The molecule has 3 heteroatoms. The first kappa shape index (κ1) is 12.7. The van der Waals surface area contributed by atoms with Gasteiger partial charge in [-0.15, -0.1) is 0 Å². The molecule has 3 nitrogen and oxygen atoms in total. The van der Waals surface area contributed by atoms with Gasteiger partial charge in [-0.1, -0.05) is 19.8 Å². The van der Waals surface area contributed by atoms with E-state index in [0.29, 0.717) is 0 Å². The molecule has 1 saturated carbocycles. The van der Waals surface area contributed by atoms with E-state index in [9.17, 15) is 0 Å². The van der Waals surface area contributed by atoms with Crippen LogP contribution in [0.5, 0.6) is 0 Å². The van der Waals surface area contributed by atoms with E-state index < -0.39 is 0 Å². The zero-order chi connectivity index (χ0) is 12.1. The summed E-state index contributed by atoms with van der Waals surface area (Å²) in [6.45, 7) is 4.97. The van der Waals surface area contributed by atoms with Gasteiger partial charge < -0.3 is 9.73 Å². The second-order valence-corrected chi connectivity index (χ2v) is 5.05. The number of rotatable bonds is 6. The Morgan fingerprint density at radius 1 is 1.41 bits per heavy atom.